The summed E-state index contributed by atoms with van der Waals surface area (Å²) < 4.78 is 0. The lowest BCUT2D eigenvalue weighted by molar-refractivity contribution is 0.166. The van der Waals surface area contributed by atoms with Crippen LogP contribution in [-0.4, -0.2) is 28.5 Å². The van der Waals surface area contributed by atoms with Crippen LogP contribution >= 0.6 is 11.3 Å². The first-order valence-corrected chi connectivity index (χ1v) is 10.2. The summed E-state index contributed by atoms with van der Waals surface area (Å²) in [5.41, 5.74) is 1.22. The fourth-order valence-corrected chi connectivity index (χ4v) is 5.66. The van der Waals surface area contributed by atoms with Crippen molar-refractivity contribution < 1.29 is 4.79 Å². The Morgan fingerprint density at radius 2 is 1.87 bits per heavy atom. The minimum Gasteiger partial charge on any atom is -0.321 e. The molecule has 0 radical (unpaired) electrons. The van der Waals surface area contributed by atoms with Crippen LogP contribution in [-0.2, 0) is 12.8 Å². The third-order valence-electron chi connectivity index (χ3n) is 5.81. The van der Waals surface area contributed by atoms with Crippen molar-refractivity contribution in [3.8, 4) is 0 Å². The van der Waals surface area contributed by atoms with Crippen molar-refractivity contribution >= 4 is 22.5 Å². The molecule has 4 nitrogen and oxygen atoms in total. The van der Waals surface area contributed by atoms with E-state index in [2.05, 4.69) is 15.2 Å². The average Bonchev–Trinajstić information content (AvgIpc) is 3.22. The molecule has 1 saturated heterocycles. The van der Waals surface area contributed by atoms with Gasteiger partial charge in [0.1, 0.15) is 0 Å². The second kappa shape index (κ2) is 6.80. The van der Waals surface area contributed by atoms with Crippen LogP contribution in [0.2, 0.25) is 0 Å². The van der Waals surface area contributed by atoms with E-state index in [0.717, 1.165) is 36.9 Å². The molecule has 1 aliphatic heterocycles. The van der Waals surface area contributed by atoms with Gasteiger partial charge in [-0.25, -0.2) is 9.78 Å². The Morgan fingerprint density at radius 3 is 2.70 bits per heavy atom. The number of anilines is 1. The van der Waals surface area contributed by atoms with Gasteiger partial charge in [0, 0.05) is 17.5 Å². The van der Waals surface area contributed by atoms with Crippen LogP contribution in [0.1, 0.15) is 68.4 Å². The summed E-state index contributed by atoms with van der Waals surface area (Å²) in [6.07, 6.45) is 13.7. The number of hydrogen-bond acceptors (Lipinski definition) is 3. The van der Waals surface area contributed by atoms with E-state index >= 15 is 0 Å². The lowest BCUT2D eigenvalue weighted by atomic mass is 9.83. The SMILES string of the molecule is O=C(Nc1nc2c(s1)CCCC2)N1CCCC1C1CCCCC1. The molecule has 0 aromatic carbocycles. The fraction of sp³-hybridized carbons (Fsp3) is 0.778. The third-order valence-corrected chi connectivity index (χ3v) is 6.89. The van der Waals surface area contributed by atoms with E-state index in [9.17, 15) is 4.79 Å². The first kappa shape index (κ1) is 15.4. The van der Waals surface area contributed by atoms with Crippen LogP contribution in [0.3, 0.4) is 0 Å². The number of likely N-dealkylation sites (tertiary alicyclic amines) is 1. The van der Waals surface area contributed by atoms with Crippen LogP contribution < -0.4 is 5.32 Å². The van der Waals surface area contributed by atoms with Crippen molar-refractivity contribution in [1.82, 2.24) is 9.88 Å². The Bertz CT molecular complexity index is 541. The maximum atomic E-state index is 12.8. The Morgan fingerprint density at radius 1 is 1.04 bits per heavy atom. The third kappa shape index (κ3) is 3.25. The highest BCUT2D eigenvalue weighted by Gasteiger charge is 2.35. The van der Waals surface area contributed by atoms with Gasteiger partial charge in [0.05, 0.1) is 5.69 Å². The van der Waals surface area contributed by atoms with Crippen LogP contribution in [0.4, 0.5) is 9.93 Å². The topological polar surface area (TPSA) is 45.2 Å². The number of aromatic nitrogens is 1. The molecule has 126 valence electrons. The van der Waals surface area contributed by atoms with Crippen molar-refractivity contribution in [1.29, 1.82) is 0 Å². The summed E-state index contributed by atoms with van der Waals surface area (Å²) in [5, 5.41) is 3.92. The van der Waals surface area contributed by atoms with Gasteiger partial charge in [-0.1, -0.05) is 19.3 Å². The quantitative estimate of drug-likeness (QED) is 0.860. The number of hydrogen-bond donors (Lipinski definition) is 1. The van der Waals surface area contributed by atoms with Gasteiger partial charge in [-0.05, 0) is 57.3 Å². The number of nitrogens with zero attached hydrogens (tertiary/aromatic N) is 2. The van der Waals surface area contributed by atoms with Gasteiger partial charge in [0.2, 0.25) is 0 Å². The maximum absolute atomic E-state index is 12.8. The number of carbonyl (C=O) groups excluding carboxylic acids is 1. The van der Waals surface area contributed by atoms with E-state index in [1.54, 1.807) is 11.3 Å². The number of carbonyl (C=O) groups is 1. The van der Waals surface area contributed by atoms with E-state index in [1.165, 1.54) is 61.9 Å². The Kier molecular flexibility index (Phi) is 4.56. The van der Waals surface area contributed by atoms with Gasteiger partial charge >= 0.3 is 6.03 Å². The molecule has 2 heterocycles. The van der Waals surface area contributed by atoms with E-state index in [4.69, 9.17) is 0 Å². The van der Waals surface area contributed by atoms with Crippen molar-refractivity contribution in [2.75, 3.05) is 11.9 Å². The van der Waals surface area contributed by atoms with Crippen LogP contribution in [0, 0.1) is 5.92 Å². The number of amides is 2. The highest BCUT2D eigenvalue weighted by molar-refractivity contribution is 7.15. The highest BCUT2D eigenvalue weighted by Crippen LogP contribution is 2.35. The molecule has 23 heavy (non-hydrogen) atoms. The number of urea groups is 1. The molecule has 2 aliphatic carbocycles. The normalized spacial score (nSPS) is 25.4. The molecular formula is C18H27N3OS. The van der Waals surface area contributed by atoms with Crippen molar-refractivity contribution in [3.05, 3.63) is 10.6 Å². The highest BCUT2D eigenvalue weighted by atomic mass is 32.1. The van der Waals surface area contributed by atoms with Gasteiger partial charge in [-0.2, -0.15) is 0 Å². The number of thiazole rings is 1. The van der Waals surface area contributed by atoms with Crippen LogP contribution in [0.5, 0.6) is 0 Å². The zero-order valence-electron chi connectivity index (χ0n) is 13.9. The van der Waals surface area contributed by atoms with Gasteiger partial charge in [0.25, 0.3) is 0 Å². The Labute approximate surface area is 142 Å². The van der Waals surface area contributed by atoms with E-state index in [1.807, 2.05) is 0 Å². The molecule has 4 rings (SSSR count). The van der Waals surface area contributed by atoms with Crippen molar-refractivity contribution in [2.24, 2.45) is 5.92 Å². The summed E-state index contributed by atoms with van der Waals surface area (Å²) in [4.78, 5) is 20.9. The standard InChI is InChI=1S/C18H27N3OS/c22-18(20-17-19-14-9-4-5-11-16(14)23-17)21-12-6-10-15(21)13-7-2-1-3-8-13/h13,15H,1-12H2,(H,19,20,22). The summed E-state index contributed by atoms with van der Waals surface area (Å²) in [5.74, 6) is 0.724. The number of aryl methyl sites for hydroxylation is 2. The minimum atomic E-state index is 0.0872. The molecule has 0 bridgehead atoms. The fourth-order valence-electron chi connectivity index (χ4n) is 4.62. The molecule has 0 spiro atoms. The van der Waals surface area contributed by atoms with Gasteiger partial charge < -0.3 is 4.90 Å². The molecule has 1 aromatic heterocycles. The zero-order chi connectivity index (χ0) is 15.6. The monoisotopic (exact) mass is 333 g/mol. The predicted octanol–water partition coefficient (Wildman–Crippen LogP) is 4.60. The van der Waals surface area contributed by atoms with Gasteiger partial charge in [0.15, 0.2) is 5.13 Å². The number of nitrogens with one attached hydrogen (secondary N) is 1. The summed E-state index contributed by atoms with van der Waals surface area (Å²) in [6.45, 7) is 0.915. The molecule has 1 N–H and O–H groups in total. The van der Waals surface area contributed by atoms with Crippen LogP contribution in [0.25, 0.3) is 0 Å². The minimum absolute atomic E-state index is 0.0872. The second-order valence-electron chi connectivity index (χ2n) is 7.33. The van der Waals surface area contributed by atoms with E-state index < -0.39 is 0 Å². The molecule has 2 fully saturated rings. The van der Waals surface area contributed by atoms with Gasteiger partial charge in [-0.3, -0.25) is 5.32 Å². The molecule has 1 saturated carbocycles. The van der Waals surface area contributed by atoms with E-state index in [-0.39, 0.29) is 6.03 Å². The maximum Gasteiger partial charge on any atom is 0.323 e. The first-order chi connectivity index (χ1) is 11.3. The molecule has 2 amide bonds. The average molecular weight is 334 g/mol. The molecular weight excluding hydrogens is 306 g/mol. The van der Waals surface area contributed by atoms with E-state index in [0.29, 0.717) is 6.04 Å². The molecule has 3 aliphatic rings. The molecule has 1 atom stereocenters. The largest absolute Gasteiger partial charge is 0.323 e. The summed E-state index contributed by atoms with van der Waals surface area (Å²) in [7, 11) is 0. The summed E-state index contributed by atoms with van der Waals surface area (Å²) >= 11 is 1.69. The predicted molar refractivity (Wildman–Crippen MR) is 94.1 cm³/mol. The second-order valence-corrected chi connectivity index (χ2v) is 8.41. The van der Waals surface area contributed by atoms with Gasteiger partial charge in [-0.15, -0.1) is 11.3 Å². The zero-order valence-corrected chi connectivity index (χ0v) is 14.7. The number of rotatable bonds is 2. The van der Waals surface area contributed by atoms with Crippen LogP contribution in [0.15, 0.2) is 0 Å². The summed E-state index contributed by atoms with van der Waals surface area (Å²) in [6, 6.07) is 0.550. The van der Waals surface area contributed by atoms with Crippen molar-refractivity contribution in [2.45, 2.75) is 76.7 Å². The number of fused-ring (bicyclic) bond motifs is 1. The molecule has 5 heteroatoms. The molecule has 1 aromatic rings. The molecule has 1 unspecified atom stereocenters. The smallest absolute Gasteiger partial charge is 0.321 e. The Hall–Kier alpha value is -1.10. The lowest BCUT2D eigenvalue weighted by Gasteiger charge is -2.33. The lowest BCUT2D eigenvalue weighted by Crippen LogP contribution is -2.43. The van der Waals surface area contributed by atoms with Crippen molar-refractivity contribution in [3.63, 3.8) is 0 Å². The Balaban J connectivity index is 1.42. The first-order valence-electron chi connectivity index (χ1n) is 9.37.